The molecule has 33 heavy (non-hydrogen) atoms. The van der Waals surface area contributed by atoms with Gasteiger partial charge in [0.15, 0.2) is 0 Å². The monoisotopic (exact) mass is 500 g/mol. The fourth-order valence-corrected chi connectivity index (χ4v) is 6.09. The van der Waals surface area contributed by atoms with Crippen LogP contribution in [-0.4, -0.2) is 99.2 Å². The summed E-state index contributed by atoms with van der Waals surface area (Å²) in [6, 6.07) is -1.02. The summed E-state index contributed by atoms with van der Waals surface area (Å²) in [5.74, 6) is -0.525. The van der Waals surface area contributed by atoms with E-state index >= 15 is 0 Å². The topological polar surface area (TPSA) is 147 Å². The highest BCUT2D eigenvalue weighted by Gasteiger charge is 2.40. The average molecular weight is 501 g/mol. The van der Waals surface area contributed by atoms with Gasteiger partial charge in [-0.3, -0.25) is 38.6 Å². The Morgan fingerprint density at radius 1 is 0.909 bits per heavy atom. The van der Waals surface area contributed by atoms with Gasteiger partial charge in [0.05, 0.1) is 22.6 Å². The summed E-state index contributed by atoms with van der Waals surface area (Å²) < 4.78 is 0. The summed E-state index contributed by atoms with van der Waals surface area (Å²) in [5.41, 5.74) is 5.69. The Labute approximate surface area is 202 Å². The molecule has 2 heterocycles. The number of carbonyl (C=O) groups excluding carboxylic acids is 6. The lowest BCUT2D eigenvalue weighted by molar-refractivity contribution is -0.140. The van der Waals surface area contributed by atoms with E-state index in [1.54, 1.807) is 7.05 Å². The van der Waals surface area contributed by atoms with Crippen molar-refractivity contribution in [3.63, 3.8) is 0 Å². The smallest absolute Gasteiger partial charge is 0.242 e. The highest BCUT2D eigenvalue weighted by molar-refractivity contribution is 8.01. The molecule has 4 unspecified atom stereocenters. The third-order valence-electron chi connectivity index (χ3n) is 5.72. The number of hydrogen-bond donors (Lipinski definition) is 2. The maximum absolute atomic E-state index is 12.6. The second-order valence-corrected chi connectivity index (χ2v) is 10.7. The van der Waals surface area contributed by atoms with Gasteiger partial charge in [0.2, 0.25) is 23.6 Å². The number of likely N-dealkylation sites (N-methyl/N-ethyl adjacent to an activating group) is 1. The number of ketones is 2. The number of unbranched alkanes of at least 4 members (excludes halogenated alkanes) is 1. The molecular formula is C21H32N4O6S2. The summed E-state index contributed by atoms with van der Waals surface area (Å²) in [5, 5.41) is 1.88. The van der Waals surface area contributed by atoms with E-state index < -0.39 is 16.5 Å². The second-order valence-electron chi connectivity index (χ2n) is 8.20. The number of hydrogen-bond acceptors (Lipinski definition) is 10. The molecule has 4 amide bonds. The lowest BCUT2D eigenvalue weighted by atomic mass is 10.2. The fraction of sp³-hybridized carbons (Fsp3) is 0.714. The molecular weight excluding hydrogens is 468 g/mol. The molecule has 2 fully saturated rings. The minimum Gasteiger partial charge on any atom is -0.321 e. The van der Waals surface area contributed by atoms with Gasteiger partial charge in [-0.15, -0.1) is 23.5 Å². The van der Waals surface area contributed by atoms with Crippen LogP contribution in [0.1, 0.15) is 39.5 Å². The van der Waals surface area contributed by atoms with Crippen molar-refractivity contribution in [2.75, 3.05) is 31.6 Å². The number of likely N-dealkylation sites (tertiary alicyclic amines) is 2. The predicted molar refractivity (Wildman–Crippen MR) is 127 cm³/mol. The van der Waals surface area contributed by atoms with Gasteiger partial charge in [-0.05, 0) is 33.7 Å². The van der Waals surface area contributed by atoms with E-state index in [1.165, 1.54) is 47.2 Å². The summed E-state index contributed by atoms with van der Waals surface area (Å²) >= 11 is 2.53. The molecule has 0 spiro atoms. The largest absolute Gasteiger partial charge is 0.321 e. The number of Topliss-reactive ketones (excluding diaryl/α,β-unsaturated/α-hetero) is 2. The number of thioether (sulfide) groups is 2. The zero-order valence-corrected chi connectivity index (χ0v) is 20.8. The maximum Gasteiger partial charge on any atom is 0.242 e. The van der Waals surface area contributed by atoms with Crippen molar-refractivity contribution < 1.29 is 28.8 Å². The zero-order chi connectivity index (χ0) is 24.7. The average Bonchev–Trinajstić information content (AvgIpc) is 3.18. The molecule has 12 heteroatoms. The van der Waals surface area contributed by atoms with E-state index in [-0.39, 0.29) is 72.9 Å². The Morgan fingerprint density at radius 2 is 1.36 bits per heavy atom. The highest BCUT2D eigenvalue weighted by atomic mass is 32.2. The molecule has 2 aliphatic heterocycles. The molecule has 4 atom stereocenters. The predicted octanol–water partition coefficient (Wildman–Crippen LogP) is -0.419. The van der Waals surface area contributed by atoms with Gasteiger partial charge in [0.25, 0.3) is 0 Å². The van der Waals surface area contributed by atoms with Crippen LogP contribution in [-0.2, 0) is 28.8 Å². The molecule has 0 radical (unpaired) electrons. The number of amides is 4. The van der Waals surface area contributed by atoms with Crippen LogP contribution in [0.15, 0.2) is 0 Å². The van der Waals surface area contributed by atoms with E-state index in [2.05, 4.69) is 5.32 Å². The van der Waals surface area contributed by atoms with E-state index in [9.17, 15) is 28.8 Å². The lowest BCUT2D eigenvalue weighted by Gasteiger charge is -2.18. The molecule has 3 N–H and O–H groups in total. The van der Waals surface area contributed by atoms with Crippen LogP contribution >= 0.6 is 23.5 Å². The fourth-order valence-electron chi connectivity index (χ4n) is 3.53. The van der Waals surface area contributed by atoms with Crippen molar-refractivity contribution in [2.45, 2.75) is 62.1 Å². The Kier molecular flexibility index (Phi) is 10.5. The van der Waals surface area contributed by atoms with Crippen LogP contribution in [0.3, 0.4) is 0 Å². The van der Waals surface area contributed by atoms with Gasteiger partial charge in [0.1, 0.15) is 11.6 Å². The third-order valence-corrected chi connectivity index (χ3v) is 8.34. The van der Waals surface area contributed by atoms with Crippen molar-refractivity contribution in [2.24, 2.45) is 5.73 Å². The minimum atomic E-state index is -0.656. The number of nitrogens with one attached hydrogen (secondary N) is 1. The molecule has 0 bridgehead atoms. The number of rotatable bonds is 14. The zero-order valence-electron chi connectivity index (χ0n) is 19.2. The minimum absolute atomic E-state index is 0.0213. The van der Waals surface area contributed by atoms with E-state index in [4.69, 9.17) is 5.73 Å². The molecule has 10 nitrogen and oxygen atoms in total. The molecule has 0 aliphatic carbocycles. The van der Waals surface area contributed by atoms with Crippen molar-refractivity contribution in [3.05, 3.63) is 0 Å². The number of nitrogens with zero attached hydrogens (tertiary/aromatic N) is 2. The highest BCUT2D eigenvalue weighted by Crippen LogP contribution is 2.27. The van der Waals surface area contributed by atoms with Gasteiger partial charge >= 0.3 is 0 Å². The Morgan fingerprint density at radius 3 is 1.76 bits per heavy atom. The van der Waals surface area contributed by atoms with Crippen LogP contribution in [0, 0.1) is 0 Å². The van der Waals surface area contributed by atoms with Gasteiger partial charge in [-0.1, -0.05) is 0 Å². The lowest BCUT2D eigenvalue weighted by Crippen LogP contribution is -2.37. The molecule has 0 aromatic carbocycles. The number of carbonyl (C=O) groups is 6. The van der Waals surface area contributed by atoms with Crippen LogP contribution in [0.25, 0.3) is 0 Å². The molecule has 0 saturated carbocycles. The first-order valence-electron chi connectivity index (χ1n) is 10.9. The van der Waals surface area contributed by atoms with Crippen LogP contribution in [0.2, 0.25) is 0 Å². The van der Waals surface area contributed by atoms with E-state index in [0.29, 0.717) is 18.6 Å². The quantitative estimate of drug-likeness (QED) is 0.238. The van der Waals surface area contributed by atoms with Crippen molar-refractivity contribution in [1.82, 2.24) is 15.1 Å². The molecule has 0 aromatic rings. The number of nitrogens with two attached hydrogens (primary N) is 1. The SMILES string of the molecule is CNC(CSC1CC(=O)N(CCCCN2C(=O)CC(SCC(N)C(C)=O)C2=O)C1=O)C(C)=O. The summed E-state index contributed by atoms with van der Waals surface area (Å²) in [6.07, 6.45) is 1.15. The molecule has 2 saturated heterocycles. The van der Waals surface area contributed by atoms with Crippen LogP contribution < -0.4 is 11.1 Å². The van der Waals surface area contributed by atoms with Crippen molar-refractivity contribution in [3.8, 4) is 0 Å². The normalized spacial score (nSPS) is 22.9. The summed E-state index contributed by atoms with van der Waals surface area (Å²) in [4.78, 5) is 74.8. The summed E-state index contributed by atoms with van der Waals surface area (Å²) in [6.45, 7) is 3.33. The molecule has 0 aromatic heterocycles. The Hall–Kier alpha value is -1.76. The maximum atomic E-state index is 12.6. The van der Waals surface area contributed by atoms with Crippen molar-refractivity contribution >= 4 is 58.7 Å². The first-order valence-corrected chi connectivity index (χ1v) is 13.0. The first kappa shape index (κ1) is 27.5. The van der Waals surface area contributed by atoms with Gasteiger partial charge in [0, 0.05) is 37.4 Å². The van der Waals surface area contributed by atoms with Crippen LogP contribution in [0.4, 0.5) is 0 Å². The van der Waals surface area contributed by atoms with Crippen molar-refractivity contribution in [1.29, 1.82) is 0 Å². The number of imide groups is 2. The van der Waals surface area contributed by atoms with E-state index in [1.807, 2.05) is 0 Å². The Balaban J connectivity index is 1.75. The van der Waals surface area contributed by atoms with Gasteiger partial charge in [-0.25, -0.2) is 0 Å². The molecule has 2 rings (SSSR count). The molecule has 184 valence electrons. The standard InChI is InChI=1S/C21H32N4O6S2/c1-12(26)14(22)10-32-16-8-18(28)24(20(16)30)6-4-5-7-25-19(29)9-17(21(25)31)33-11-15(23-3)13(2)27/h14-17,23H,4-11,22H2,1-3H3. The first-order chi connectivity index (χ1) is 15.6. The second kappa shape index (κ2) is 12.6. The third kappa shape index (κ3) is 7.36. The van der Waals surface area contributed by atoms with E-state index in [0.717, 1.165) is 0 Å². The molecule has 2 aliphatic rings. The van der Waals surface area contributed by atoms with Gasteiger partial charge in [-0.2, -0.15) is 0 Å². The Bertz CT molecular complexity index is 808. The van der Waals surface area contributed by atoms with Gasteiger partial charge < -0.3 is 11.1 Å². The summed E-state index contributed by atoms with van der Waals surface area (Å²) in [7, 11) is 1.68. The van der Waals surface area contributed by atoms with Crippen LogP contribution in [0.5, 0.6) is 0 Å².